The van der Waals surface area contributed by atoms with Crippen molar-refractivity contribution >= 4 is 10.8 Å². The van der Waals surface area contributed by atoms with E-state index in [0.29, 0.717) is 52.9 Å². The minimum absolute atomic E-state index is 0.628. The summed E-state index contributed by atoms with van der Waals surface area (Å²) in [5.41, 5.74) is 1.31. The van der Waals surface area contributed by atoms with E-state index in [2.05, 4.69) is 52.7 Å². The average molecular weight is 403 g/mol. The quantitative estimate of drug-likeness (QED) is 0.832. The predicted molar refractivity (Wildman–Crippen MR) is 115 cm³/mol. The summed E-state index contributed by atoms with van der Waals surface area (Å²) in [7, 11) is 0. The number of nitrogens with zero attached hydrogens (tertiary/aromatic N) is 1. The first-order valence-corrected chi connectivity index (χ1v) is 10.6. The molecule has 3 rings (SSSR count). The lowest BCUT2D eigenvalue weighted by Gasteiger charge is -2.23. The number of benzene rings is 2. The van der Waals surface area contributed by atoms with E-state index < -0.39 is 0 Å². The number of hydrogen-bond donors (Lipinski definition) is 1. The van der Waals surface area contributed by atoms with Gasteiger partial charge in [-0.1, -0.05) is 36.4 Å². The van der Waals surface area contributed by atoms with Crippen LogP contribution >= 0.6 is 0 Å². The molecule has 1 fully saturated rings. The molecule has 0 aliphatic carbocycles. The van der Waals surface area contributed by atoms with Crippen molar-refractivity contribution in [1.82, 2.24) is 10.2 Å². The van der Waals surface area contributed by atoms with Crippen LogP contribution in [0.25, 0.3) is 10.8 Å². The Kier molecular flexibility index (Phi) is 10.4. The van der Waals surface area contributed by atoms with Gasteiger partial charge in [0.2, 0.25) is 0 Å². The molecule has 0 unspecified atom stereocenters. The Balaban J connectivity index is 1.50. The smallest absolute Gasteiger partial charge is 0.0701 e. The van der Waals surface area contributed by atoms with Gasteiger partial charge < -0.3 is 24.3 Å². The summed E-state index contributed by atoms with van der Waals surface area (Å²) in [5.74, 6) is 0. The van der Waals surface area contributed by atoms with Gasteiger partial charge in [-0.25, -0.2) is 0 Å². The van der Waals surface area contributed by atoms with Crippen molar-refractivity contribution in [2.45, 2.75) is 6.54 Å². The van der Waals surface area contributed by atoms with E-state index in [-0.39, 0.29) is 0 Å². The Morgan fingerprint density at radius 1 is 0.655 bits per heavy atom. The van der Waals surface area contributed by atoms with Crippen molar-refractivity contribution in [2.75, 3.05) is 79.0 Å². The lowest BCUT2D eigenvalue weighted by molar-refractivity contribution is 0.0194. The molecular weight excluding hydrogens is 368 g/mol. The standard InChI is InChI=1S/C23H34N2O4/c1-2-4-23-19-21(5-6-22(23)3-1)20-25-9-13-28-17-15-26-11-7-24-8-12-27-16-18-29-14-10-25/h1-6,19,24H,7-18,20H2. The number of nitrogens with one attached hydrogen (secondary N) is 1. The second-order valence-corrected chi connectivity index (χ2v) is 7.16. The molecule has 2 aromatic rings. The van der Waals surface area contributed by atoms with Crippen molar-refractivity contribution in [3.8, 4) is 0 Å². The van der Waals surface area contributed by atoms with Crippen molar-refractivity contribution in [3.05, 3.63) is 48.0 Å². The summed E-state index contributed by atoms with van der Waals surface area (Å²) in [6, 6.07) is 15.2. The first kappa shape index (κ1) is 22.2. The summed E-state index contributed by atoms with van der Waals surface area (Å²) in [5, 5.41) is 5.85. The summed E-state index contributed by atoms with van der Waals surface area (Å²) in [6.45, 7) is 9.58. The van der Waals surface area contributed by atoms with Crippen LogP contribution in [0.15, 0.2) is 42.5 Å². The largest absolute Gasteiger partial charge is 0.378 e. The van der Waals surface area contributed by atoms with Gasteiger partial charge in [0.05, 0.1) is 52.9 Å². The van der Waals surface area contributed by atoms with Crippen LogP contribution in [-0.4, -0.2) is 83.9 Å². The van der Waals surface area contributed by atoms with Crippen molar-refractivity contribution < 1.29 is 18.9 Å². The molecule has 0 bridgehead atoms. The molecule has 1 N–H and O–H groups in total. The Morgan fingerprint density at radius 2 is 1.24 bits per heavy atom. The lowest BCUT2D eigenvalue weighted by Crippen LogP contribution is -2.31. The van der Waals surface area contributed by atoms with Gasteiger partial charge >= 0.3 is 0 Å². The Hall–Kier alpha value is -1.54. The highest BCUT2D eigenvalue weighted by molar-refractivity contribution is 5.82. The third-order valence-electron chi connectivity index (χ3n) is 4.91. The molecule has 29 heavy (non-hydrogen) atoms. The average Bonchev–Trinajstić information content (AvgIpc) is 2.75. The summed E-state index contributed by atoms with van der Waals surface area (Å²) in [4.78, 5) is 2.39. The SMILES string of the molecule is c1ccc2cc(CN3CCOCCOCCNCCOCCOCC3)ccc2c1. The Morgan fingerprint density at radius 3 is 1.90 bits per heavy atom. The first-order valence-electron chi connectivity index (χ1n) is 10.6. The molecule has 0 spiro atoms. The van der Waals surface area contributed by atoms with E-state index in [1.165, 1.54) is 16.3 Å². The highest BCUT2D eigenvalue weighted by Crippen LogP contribution is 2.16. The van der Waals surface area contributed by atoms with Gasteiger partial charge in [-0.3, -0.25) is 4.90 Å². The molecule has 6 heteroatoms. The van der Waals surface area contributed by atoms with Crippen molar-refractivity contribution in [3.63, 3.8) is 0 Å². The van der Waals surface area contributed by atoms with Crippen LogP contribution in [0, 0.1) is 0 Å². The van der Waals surface area contributed by atoms with Gasteiger partial charge in [0.25, 0.3) is 0 Å². The maximum absolute atomic E-state index is 5.77. The van der Waals surface area contributed by atoms with E-state index >= 15 is 0 Å². The molecule has 0 aromatic heterocycles. The normalized spacial score (nSPS) is 20.1. The molecule has 0 amide bonds. The lowest BCUT2D eigenvalue weighted by atomic mass is 10.1. The molecule has 1 aliphatic rings. The Labute approximate surface area is 174 Å². The molecule has 160 valence electrons. The molecular formula is C23H34N2O4. The number of rotatable bonds is 2. The van der Waals surface area contributed by atoms with Crippen LogP contribution in [0.2, 0.25) is 0 Å². The third-order valence-corrected chi connectivity index (χ3v) is 4.91. The molecule has 2 aromatic carbocycles. The third kappa shape index (κ3) is 8.78. The van der Waals surface area contributed by atoms with Crippen LogP contribution in [0.5, 0.6) is 0 Å². The van der Waals surface area contributed by atoms with Crippen molar-refractivity contribution in [2.24, 2.45) is 0 Å². The molecule has 6 nitrogen and oxygen atoms in total. The summed E-state index contributed by atoms with van der Waals surface area (Å²) < 4.78 is 22.7. The predicted octanol–water partition coefficient (Wildman–Crippen LogP) is 2.31. The van der Waals surface area contributed by atoms with Crippen LogP contribution < -0.4 is 5.32 Å². The van der Waals surface area contributed by atoms with Gasteiger partial charge in [0.15, 0.2) is 0 Å². The van der Waals surface area contributed by atoms with Crippen LogP contribution in [-0.2, 0) is 25.5 Å². The zero-order chi connectivity index (χ0) is 20.0. The number of hydrogen-bond acceptors (Lipinski definition) is 6. The molecule has 1 heterocycles. The minimum Gasteiger partial charge on any atom is -0.378 e. The fourth-order valence-electron chi connectivity index (χ4n) is 3.31. The summed E-state index contributed by atoms with van der Waals surface area (Å²) in [6.07, 6.45) is 0. The van der Waals surface area contributed by atoms with E-state index in [4.69, 9.17) is 18.9 Å². The maximum atomic E-state index is 5.77. The number of fused-ring (bicyclic) bond motifs is 1. The van der Waals surface area contributed by atoms with Gasteiger partial charge in [0.1, 0.15) is 0 Å². The van der Waals surface area contributed by atoms with Crippen LogP contribution in [0.1, 0.15) is 5.56 Å². The van der Waals surface area contributed by atoms with E-state index in [0.717, 1.165) is 32.7 Å². The van der Waals surface area contributed by atoms with Gasteiger partial charge in [-0.05, 0) is 22.4 Å². The van der Waals surface area contributed by atoms with E-state index in [1.54, 1.807) is 0 Å². The molecule has 0 radical (unpaired) electrons. The summed E-state index contributed by atoms with van der Waals surface area (Å²) >= 11 is 0. The maximum Gasteiger partial charge on any atom is 0.0701 e. The highest BCUT2D eigenvalue weighted by atomic mass is 16.5. The number of ether oxygens (including phenoxy) is 4. The van der Waals surface area contributed by atoms with Gasteiger partial charge in [0, 0.05) is 32.7 Å². The molecule has 0 atom stereocenters. The molecule has 1 saturated heterocycles. The topological polar surface area (TPSA) is 52.2 Å². The highest BCUT2D eigenvalue weighted by Gasteiger charge is 2.08. The zero-order valence-corrected chi connectivity index (χ0v) is 17.3. The van der Waals surface area contributed by atoms with E-state index in [9.17, 15) is 0 Å². The van der Waals surface area contributed by atoms with Crippen LogP contribution in [0.4, 0.5) is 0 Å². The van der Waals surface area contributed by atoms with Gasteiger partial charge in [-0.15, -0.1) is 0 Å². The minimum atomic E-state index is 0.628. The van der Waals surface area contributed by atoms with Crippen LogP contribution in [0.3, 0.4) is 0 Å². The Bertz CT molecular complexity index is 679. The van der Waals surface area contributed by atoms with Gasteiger partial charge in [-0.2, -0.15) is 0 Å². The zero-order valence-electron chi connectivity index (χ0n) is 17.3. The molecule has 0 saturated carbocycles. The second-order valence-electron chi connectivity index (χ2n) is 7.16. The fraction of sp³-hybridized carbons (Fsp3) is 0.565. The first-order chi connectivity index (χ1) is 14.4. The monoisotopic (exact) mass is 402 g/mol. The fourth-order valence-corrected chi connectivity index (χ4v) is 3.31. The molecule has 1 aliphatic heterocycles. The van der Waals surface area contributed by atoms with Crippen molar-refractivity contribution in [1.29, 1.82) is 0 Å². The second kappa shape index (κ2) is 13.6. The van der Waals surface area contributed by atoms with E-state index in [1.807, 2.05) is 0 Å².